The maximum atomic E-state index is 12.1. The summed E-state index contributed by atoms with van der Waals surface area (Å²) in [5, 5.41) is 0.444. The number of sulfonamides is 1. The average Bonchev–Trinajstić information content (AvgIpc) is 2.61. The lowest BCUT2D eigenvalue weighted by molar-refractivity contribution is 0.412. The van der Waals surface area contributed by atoms with Crippen molar-refractivity contribution in [3.8, 4) is 0 Å². The van der Waals surface area contributed by atoms with Gasteiger partial charge in [0.05, 0.1) is 8.81 Å². The first-order valence-electron chi connectivity index (χ1n) is 5.46. The Morgan fingerprint density at radius 2 is 2.00 bits per heavy atom. The van der Waals surface area contributed by atoms with Crippen LogP contribution in [-0.2, 0) is 10.0 Å². The number of rotatable bonds is 3. The molecule has 1 aliphatic rings. The topological polar surface area (TPSA) is 46.2 Å². The summed E-state index contributed by atoms with van der Waals surface area (Å²) in [6.07, 6.45) is 5.26. The van der Waals surface area contributed by atoms with Gasteiger partial charge in [-0.25, -0.2) is 13.1 Å². The summed E-state index contributed by atoms with van der Waals surface area (Å²) >= 11 is 10.2. The summed E-state index contributed by atoms with van der Waals surface area (Å²) in [5.41, 5.74) is 0. The first-order chi connectivity index (χ1) is 7.99. The van der Waals surface area contributed by atoms with E-state index < -0.39 is 10.0 Å². The Morgan fingerprint density at radius 1 is 1.35 bits per heavy atom. The summed E-state index contributed by atoms with van der Waals surface area (Å²) < 4.78 is 27.9. The van der Waals surface area contributed by atoms with Crippen molar-refractivity contribution >= 4 is 48.9 Å². The van der Waals surface area contributed by atoms with Crippen LogP contribution in [0.2, 0.25) is 5.02 Å². The summed E-state index contributed by atoms with van der Waals surface area (Å²) in [4.78, 5) is 0. The lowest BCUT2D eigenvalue weighted by Gasteiger charge is -2.22. The molecule has 0 aliphatic heterocycles. The summed E-state index contributed by atoms with van der Waals surface area (Å²) in [6, 6.07) is 1.56. The van der Waals surface area contributed by atoms with Crippen molar-refractivity contribution in [1.29, 1.82) is 0 Å². The van der Waals surface area contributed by atoms with E-state index in [1.807, 2.05) is 0 Å². The van der Waals surface area contributed by atoms with E-state index in [1.54, 1.807) is 0 Å². The van der Waals surface area contributed by atoms with Crippen molar-refractivity contribution in [3.63, 3.8) is 0 Å². The van der Waals surface area contributed by atoms with E-state index in [0.717, 1.165) is 37.0 Å². The summed E-state index contributed by atoms with van der Waals surface area (Å²) in [5.74, 6) is 0. The normalized spacial score (nSPS) is 18.5. The molecule has 0 unspecified atom stereocenters. The molecule has 1 aromatic heterocycles. The number of halogens is 2. The fraction of sp³-hybridized carbons (Fsp3) is 0.600. The lowest BCUT2D eigenvalue weighted by atomic mass is 9.96. The highest BCUT2D eigenvalue weighted by molar-refractivity contribution is 9.11. The van der Waals surface area contributed by atoms with Gasteiger partial charge in [0.1, 0.15) is 4.21 Å². The summed E-state index contributed by atoms with van der Waals surface area (Å²) in [6.45, 7) is 0. The minimum absolute atomic E-state index is 0.0772. The van der Waals surface area contributed by atoms with E-state index in [0.29, 0.717) is 8.81 Å². The first-order valence-corrected chi connectivity index (χ1v) is 8.93. The Hall–Kier alpha value is 0.380. The Balaban J connectivity index is 2.12. The quantitative estimate of drug-likeness (QED) is 0.894. The largest absolute Gasteiger partial charge is 0.250 e. The smallest absolute Gasteiger partial charge is 0.207 e. The molecule has 7 heteroatoms. The van der Waals surface area contributed by atoms with Gasteiger partial charge in [0.2, 0.25) is 10.0 Å². The van der Waals surface area contributed by atoms with Crippen molar-refractivity contribution in [2.45, 2.75) is 42.4 Å². The molecule has 1 fully saturated rings. The van der Waals surface area contributed by atoms with E-state index in [2.05, 4.69) is 20.7 Å². The van der Waals surface area contributed by atoms with Crippen molar-refractivity contribution < 1.29 is 8.42 Å². The van der Waals surface area contributed by atoms with Crippen LogP contribution >= 0.6 is 38.9 Å². The van der Waals surface area contributed by atoms with Crippen LogP contribution < -0.4 is 4.72 Å². The standard InChI is InChI=1S/C10H13BrClNO2S2/c11-10-8(12)6-9(16-10)17(14,15)13-7-4-2-1-3-5-7/h6-7,13H,1-5H2. The minimum atomic E-state index is -3.41. The number of hydrogen-bond donors (Lipinski definition) is 1. The molecular weight excluding hydrogens is 346 g/mol. The van der Waals surface area contributed by atoms with Crippen LogP contribution in [0.4, 0.5) is 0 Å². The van der Waals surface area contributed by atoms with Gasteiger partial charge in [0, 0.05) is 6.04 Å². The zero-order valence-electron chi connectivity index (χ0n) is 9.08. The van der Waals surface area contributed by atoms with Crippen molar-refractivity contribution in [3.05, 3.63) is 14.9 Å². The van der Waals surface area contributed by atoms with Gasteiger partial charge < -0.3 is 0 Å². The van der Waals surface area contributed by atoms with E-state index in [9.17, 15) is 8.42 Å². The van der Waals surface area contributed by atoms with Crippen molar-refractivity contribution in [2.75, 3.05) is 0 Å². The molecule has 96 valence electrons. The van der Waals surface area contributed by atoms with Gasteiger partial charge >= 0.3 is 0 Å². The number of thiophene rings is 1. The number of nitrogens with one attached hydrogen (secondary N) is 1. The fourth-order valence-corrected chi connectivity index (χ4v) is 5.68. The second-order valence-corrected chi connectivity index (χ2v) is 8.86. The SMILES string of the molecule is O=S(=O)(NC1CCCCC1)c1cc(Cl)c(Br)s1. The monoisotopic (exact) mass is 357 g/mol. The molecule has 0 bridgehead atoms. The molecule has 0 amide bonds. The van der Waals surface area contributed by atoms with Gasteiger partial charge in [0.15, 0.2) is 0 Å². The van der Waals surface area contributed by atoms with Crippen LogP contribution in [0.5, 0.6) is 0 Å². The fourth-order valence-electron chi connectivity index (χ4n) is 1.96. The molecule has 0 aromatic carbocycles. The molecule has 0 atom stereocenters. The minimum Gasteiger partial charge on any atom is -0.207 e. The van der Waals surface area contributed by atoms with Crippen molar-refractivity contribution in [1.82, 2.24) is 4.72 Å². The van der Waals surface area contributed by atoms with Crippen LogP contribution in [-0.4, -0.2) is 14.5 Å². The predicted molar refractivity (Wildman–Crippen MR) is 74.2 cm³/mol. The lowest BCUT2D eigenvalue weighted by Crippen LogP contribution is -2.35. The molecule has 1 saturated carbocycles. The third kappa shape index (κ3) is 3.44. The molecule has 0 radical (unpaired) electrons. The highest BCUT2D eigenvalue weighted by Gasteiger charge is 2.24. The second kappa shape index (κ2) is 5.57. The third-order valence-corrected chi connectivity index (χ3v) is 7.28. The number of hydrogen-bond acceptors (Lipinski definition) is 3. The molecule has 0 saturated heterocycles. The second-order valence-electron chi connectivity index (χ2n) is 4.14. The van der Waals surface area contributed by atoms with Gasteiger partial charge in [-0.15, -0.1) is 11.3 Å². The molecule has 0 spiro atoms. The molecule has 17 heavy (non-hydrogen) atoms. The summed E-state index contributed by atoms with van der Waals surface area (Å²) in [7, 11) is -3.41. The van der Waals surface area contributed by atoms with Gasteiger partial charge in [-0.3, -0.25) is 0 Å². The van der Waals surface area contributed by atoms with Gasteiger partial charge in [-0.05, 0) is 34.8 Å². The maximum Gasteiger partial charge on any atom is 0.250 e. The molecule has 1 N–H and O–H groups in total. The van der Waals surface area contributed by atoms with Gasteiger partial charge in [0.25, 0.3) is 0 Å². The Bertz CT molecular complexity index is 475. The van der Waals surface area contributed by atoms with E-state index in [4.69, 9.17) is 11.6 Å². The Kier molecular flexibility index (Phi) is 4.52. The van der Waals surface area contributed by atoms with Crippen LogP contribution in [0.3, 0.4) is 0 Å². The Morgan fingerprint density at radius 3 is 2.53 bits per heavy atom. The van der Waals surface area contributed by atoms with Crippen molar-refractivity contribution in [2.24, 2.45) is 0 Å². The maximum absolute atomic E-state index is 12.1. The highest BCUT2D eigenvalue weighted by atomic mass is 79.9. The highest BCUT2D eigenvalue weighted by Crippen LogP contribution is 2.34. The van der Waals surface area contributed by atoms with Gasteiger partial charge in [-0.1, -0.05) is 30.9 Å². The molecular formula is C10H13BrClNO2S2. The molecule has 1 heterocycles. The Labute approximate surface area is 119 Å². The predicted octanol–water partition coefficient (Wildman–Crippen LogP) is 3.78. The van der Waals surface area contributed by atoms with E-state index >= 15 is 0 Å². The van der Waals surface area contributed by atoms with E-state index in [-0.39, 0.29) is 10.3 Å². The average molecular weight is 359 g/mol. The van der Waals surface area contributed by atoms with Crippen LogP contribution in [0, 0.1) is 0 Å². The molecule has 1 aliphatic carbocycles. The molecule has 2 rings (SSSR count). The van der Waals surface area contributed by atoms with Gasteiger partial charge in [-0.2, -0.15) is 0 Å². The third-order valence-electron chi connectivity index (χ3n) is 2.81. The van der Waals surface area contributed by atoms with Crippen LogP contribution in [0.1, 0.15) is 32.1 Å². The first kappa shape index (κ1) is 13.8. The van der Waals surface area contributed by atoms with Crippen LogP contribution in [0.25, 0.3) is 0 Å². The zero-order chi connectivity index (χ0) is 12.5. The van der Waals surface area contributed by atoms with E-state index in [1.165, 1.54) is 12.5 Å². The molecule has 3 nitrogen and oxygen atoms in total. The zero-order valence-corrected chi connectivity index (χ0v) is 13.1. The van der Waals surface area contributed by atoms with Crippen LogP contribution in [0.15, 0.2) is 14.1 Å². The molecule has 1 aromatic rings.